The molecule has 0 radical (unpaired) electrons. The first kappa shape index (κ1) is 28.6. The number of hydrogen-bond donors (Lipinski definition) is 0. The number of aromatic nitrogens is 4. The molecular formula is C34H38N6O3. The van der Waals surface area contributed by atoms with Gasteiger partial charge in [-0.2, -0.15) is 0 Å². The summed E-state index contributed by atoms with van der Waals surface area (Å²) in [6.45, 7) is 3.87. The summed E-state index contributed by atoms with van der Waals surface area (Å²) in [4.78, 5) is 39.7. The number of likely N-dealkylation sites (N-methyl/N-ethyl adjacent to an activating group) is 1. The minimum Gasteiger partial charge on any atom is -0.496 e. The highest BCUT2D eigenvalue weighted by Crippen LogP contribution is 2.36. The largest absolute Gasteiger partial charge is 0.496 e. The molecule has 0 spiro atoms. The predicted octanol–water partition coefficient (Wildman–Crippen LogP) is 4.90. The third-order valence-electron chi connectivity index (χ3n) is 8.58. The second-order valence-corrected chi connectivity index (χ2v) is 11.7. The van der Waals surface area contributed by atoms with E-state index in [1.165, 1.54) is 0 Å². The molecule has 43 heavy (non-hydrogen) atoms. The van der Waals surface area contributed by atoms with Crippen molar-refractivity contribution >= 4 is 28.1 Å². The van der Waals surface area contributed by atoms with Crippen LogP contribution in [0.5, 0.6) is 5.75 Å². The Kier molecular flexibility index (Phi) is 7.75. The van der Waals surface area contributed by atoms with Crippen LogP contribution in [-0.2, 0) is 18.3 Å². The van der Waals surface area contributed by atoms with Gasteiger partial charge in [-0.15, -0.1) is 0 Å². The molecule has 0 N–H and O–H groups in total. The van der Waals surface area contributed by atoms with Gasteiger partial charge in [-0.1, -0.05) is 30.3 Å². The summed E-state index contributed by atoms with van der Waals surface area (Å²) < 4.78 is 9.92. The van der Waals surface area contributed by atoms with Gasteiger partial charge in [-0.05, 0) is 52.1 Å². The lowest BCUT2D eigenvalue weighted by molar-refractivity contribution is -0.132. The molecule has 9 nitrogen and oxygen atoms in total. The van der Waals surface area contributed by atoms with Gasteiger partial charge in [0.25, 0.3) is 0 Å². The third-order valence-corrected chi connectivity index (χ3v) is 8.58. The van der Waals surface area contributed by atoms with Crippen molar-refractivity contribution in [3.05, 3.63) is 83.7 Å². The van der Waals surface area contributed by atoms with E-state index in [-0.39, 0.29) is 24.0 Å². The monoisotopic (exact) mass is 578 g/mol. The zero-order valence-electron chi connectivity index (χ0n) is 25.5. The number of benzene rings is 2. The van der Waals surface area contributed by atoms with Crippen LogP contribution in [0.15, 0.2) is 60.9 Å². The number of fused-ring (bicyclic) bond motifs is 2. The standard InChI is InChI=1S/C34H38N6O3/c1-22-33-32(36-34(40(33)17-14-35-22)23-12-15-39(16-13-23)31(42)21-37(2)3)26-11-10-25(30(20-26)43-5)19-29(41)28-18-24-8-6-7-9-27(24)38(28)4/h6-11,14,17-18,20,23H,12-13,15-16,19,21H2,1-5H3. The molecule has 6 rings (SSSR count). The summed E-state index contributed by atoms with van der Waals surface area (Å²) in [7, 11) is 7.41. The highest BCUT2D eigenvalue weighted by atomic mass is 16.5. The molecule has 0 unspecified atom stereocenters. The van der Waals surface area contributed by atoms with Crippen LogP contribution in [0.4, 0.5) is 0 Å². The second kappa shape index (κ2) is 11.6. The number of ether oxygens (including phenoxy) is 1. The van der Waals surface area contributed by atoms with Crippen molar-refractivity contribution in [1.29, 1.82) is 0 Å². The lowest BCUT2D eigenvalue weighted by Crippen LogP contribution is -2.42. The normalized spacial score (nSPS) is 14.2. The van der Waals surface area contributed by atoms with E-state index in [1.807, 2.05) is 103 Å². The first-order chi connectivity index (χ1) is 20.7. The molecule has 1 fully saturated rings. The summed E-state index contributed by atoms with van der Waals surface area (Å²) in [5.41, 5.74) is 6.15. The van der Waals surface area contributed by atoms with Crippen molar-refractivity contribution in [3.8, 4) is 17.0 Å². The highest BCUT2D eigenvalue weighted by Gasteiger charge is 2.28. The van der Waals surface area contributed by atoms with E-state index in [2.05, 4.69) is 9.38 Å². The lowest BCUT2D eigenvalue weighted by atomic mass is 9.96. The molecule has 0 atom stereocenters. The van der Waals surface area contributed by atoms with Gasteiger partial charge in [0.1, 0.15) is 11.6 Å². The van der Waals surface area contributed by atoms with Crippen LogP contribution in [0, 0.1) is 6.92 Å². The van der Waals surface area contributed by atoms with E-state index in [9.17, 15) is 9.59 Å². The van der Waals surface area contributed by atoms with E-state index < -0.39 is 0 Å². The van der Waals surface area contributed by atoms with Gasteiger partial charge >= 0.3 is 0 Å². The topological polar surface area (TPSA) is 85.0 Å². The Hall–Kier alpha value is -4.50. The first-order valence-electron chi connectivity index (χ1n) is 14.8. The number of nitrogens with zero attached hydrogens (tertiary/aromatic N) is 6. The van der Waals surface area contributed by atoms with Crippen LogP contribution in [0.2, 0.25) is 0 Å². The van der Waals surface area contributed by atoms with Crippen molar-refractivity contribution in [2.24, 2.45) is 7.05 Å². The average Bonchev–Trinajstić information content (AvgIpc) is 3.56. The Balaban J connectivity index is 1.29. The quantitative estimate of drug-likeness (QED) is 0.244. The Morgan fingerprint density at radius 3 is 2.56 bits per heavy atom. The number of hydrogen-bond acceptors (Lipinski definition) is 6. The van der Waals surface area contributed by atoms with Gasteiger partial charge < -0.3 is 19.1 Å². The number of para-hydroxylation sites is 1. The molecule has 4 heterocycles. The molecule has 2 aromatic carbocycles. The number of aryl methyl sites for hydroxylation is 2. The molecule has 0 aliphatic carbocycles. The number of amides is 1. The van der Waals surface area contributed by atoms with Crippen molar-refractivity contribution in [2.75, 3.05) is 40.8 Å². The van der Waals surface area contributed by atoms with E-state index in [4.69, 9.17) is 9.72 Å². The zero-order valence-corrected chi connectivity index (χ0v) is 25.5. The fraction of sp³-hybridized carbons (Fsp3) is 0.353. The molecular weight excluding hydrogens is 540 g/mol. The molecule has 1 amide bonds. The minimum absolute atomic E-state index is 0.0370. The number of carbonyl (C=O) groups is 2. The average molecular weight is 579 g/mol. The number of rotatable bonds is 8. The van der Waals surface area contributed by atoms with Crippen molar-refractivity contribution < 1.29 is 14.3 Å². The number of Topliss-reactive ketones (excluding diaryl/α,β-unsaturated/α-hetero) is 1. The van der Waals surface area contributed by atoms with Crippen LogP contribution < -0.4 is 4.74 Å². The number of ketones is 1. The molecule has 3 aromatic heterocycles. The Bertz CT molecular complexity index is 1830. The first-order valence-corrected chi connectivity index (χ1v) is 14.8. The van der Waals surface area contributed by atoms with Crippen LogP contribution >= 0.6 is 0 Å². The molecule has 222 valence electrons. The second-order valence-electron chi connectivity index (χ2n) is 11.7. The molecule has 1 aliphatic rings. The number of imidazole rings is 1. The Morgan fingerprint density at radius 2 is 1.84 bits per heavy atom. The molecule has 5 aromatic rings. The van der Waals surface area contributed by atoms with Crippen molar-refractivity contribution in [3.63, 3.8) is 0 Å². The van der Waals surface area contributed by atoms with Crippen molar-refractivity contribution in [1.82, 2.24) is 28.7 Å². The summed E-state index contributed by atoms with van der Waals surface area (Å²) >= 11 is 0. The summed E-state index contributed by atoms with van der Waals surface area (Å²) in [5, 5.41) is 1.05. The molecule has 1 saturated heterocycles. The van der Waals surface area contributed by atoms with Gasteiger partial charge in [0, 0.05) is 66.9 Å². The van der Waals surface area contributed by atoms with Gasteiger partial charge in [0.2, 0.25) is 5.91 Å². The fourth-order valence-corrected chi connectivity index (χ4v) is 6.32. The van der Waals surface area contributed by atoms with Gasteiger partial charge in [0.15, 0.2) is 5.78 Å². The number of likely N-dealkylation sites (tertiary alicyclic amines) is 1. The highest BCUT2D eigenvalue weighted by molar-refractivity contribution is 6.01. The van der Waals surface area contributed by atoms with Crippen molar-refractivity contribution in [2.45, 2.75) is 32.1 Å². The van der Waals surface area contributed by atoms with Gasteiger partial charge in [-0.25, -0.2) is 4.98 Å². The van der Waals surface area contributed by atoms with Crippen LogP contribution in [0.25, 0.3) is 27.7 Å². The maximum Gasteiger partial charge on any atom is 0.236 e. The summed E-state index contributed by atoms with van der Waals surface area (Å²) in [6, 6.07) is 15.9. The van der Waals surface area contributed by atoms with Crippen LogP contribution in [0.3, 0.4) is 0 Å². The molecule has 1 aliphatic heterocycles. The lowest BCUT2D eigenvalue weighted by Gasteiger charge is -2.32. The van der Waals surface area contributed by atoms with Gasteiger partial charge in [-0.3, -0.25) is 19.0 Å². The third kappa shape index (κ3) is 5.41. The predicted molar refractivity (Wildman–Crippen MR) is 168 cm³/mol. The molecule has 9 heteroatoms. The minimum atomic E-state index is 0.0370. The number of carbonyl (C=O) groups excluding carboxylic acids is 2. The summed E-state index contributed by atoms with van der Waals surface area (Å²) in [5.74, 6) is 2.08. The van der Waals surface area contributed by atoms with Crippen LogP contribution in [-0.4, -0.2) is 81.3 Å². The van der Waals surface area contributed by atoms with E-state index in [1.54, 1.807) is 7.11 Å². The van der Waals surface area contributed by atoms with E-state index >= 15 is 0 Å². The smallest absolute Gasteiger partial charge is 0.236 e. The Morgan fingerprint density at radius 1 is 1.07 bits per heavy atom. The Labute approximate surface area is 251 Å². The SMILES string of the molecule is COc1cc(-c2nc(C3CCN(C(=O)CN(C)C)CC3)n3ccnc(C)c23)ccc1CC(=O)c1cc2ccccc2n1C. The molecule has 0 bridgehead atoms. The maximum atomic E-state index is 13.4. The fourth-order valence-electron chi connectivity index (χ4n) is 6.32. The number of piperidine rings is 1. The molecule has 0 saturated carbocycles. The van der Waals surface area contributed by atoms with E-state index in [0.29, 0.717) is 18.0 Å². The van der Waals surface area contributed by atoms with Crippen LogP contribution in [0.1, 0.15) is 46.3 Å². The van der Waals surface area contributed by atoms with Gasteiger partial charge in [0.05, 0.1) is 36.3 Å². The van der Waals surface area contributed by atoms with E-state index in [0.717, 1.165) is 70.7 Å². The summed E-state index contributed by atoms with van der Waals surface area (Å²) in [6.07, 6.45) is 5.74. The maximum absolute atomic E-state index is 13.4. The zero-order chi connectivity index (χ0) is 30.2. The number of methoxy groups -OCH3 is 1.